The average molecular weight is 296 g/mol. The van der Waals surface area contributed by atoms with E-state index in [9.17, 15) is 0 Å². The van der Waals surface area contributed by atoms with E-state index in [0.29, 0.717) is 5.71 Å². The number of thiophene rings is 1. The first kappa shape index (κ1) is 8.50. The summed E-state index contributed by atoms with van der Waals surface area (Å²) in [5, 5.41) is 2.38. The minimum atomic E-state index is -2.38. The van der Waals surface area contributed by atoms with Crippen LogP contribution in [0.25, 0.3) is 20.2 Å². The summed E-state index contributed by atoms with van der Waals surface area (Å²) in [6, 6.07) is 12.2. The second-order valence-electron chi connectivity index (χ2n) is 5.20. The van der Waals surface area contributed by atoms with Gasteiger partial charge in [-0.05, 0) is 43.8 Å². The molecule has 1 aliphatic rings. The highest BCUT2D eigenvalue weighted by atomic mass is 32.1. The quantitative estimate of drug-likeness (QED) is 0.534. The number of aryl methyl sites for hydroxylation is 1. The highest BCUT2D eigenvalue weighted by Gasteiger charge is 2.11. The molecule has 0 radical (unpaired) electrons. The number of benzene rings is 2. The number of hydrogen-bond donors (Lipinski definition) is 0. The number of rotatable bonds is 1. The summed E-state index contributed by atoms with van der Waals surface area (Å²) in [5.41, 5.74) is 2.39. The van der Waals surface area contributed by atoms with Crippen molar-refractivity contribution in [3.63, 3.8) is 0 Å². The Labute approximate surface area is 135 Å². The normalized spacial score (nSPS) is 26.4. The molecule has 0 spiro atoms. The Morgan fingerprint density at radius 2 is 2.14 bits per heavy atom. The van der Waals surface area contributed by atoms with Crippen molar-refractivity contribution in [2.24, 2.45) is 4.99 Å². The van der Waals surface area contributed by atoms with Crippen molar-refractivity contribution in [2.45, 2.75) is 26.6 Å². The third kappa shape index (κ3) is 2.11. The lowest BCUT2D eigenvalue weighted by molar-refractivity contribution is 0.977. The van der Waals surface area contributed by atoms with Crippen LogP contribution in [0, 0.1) is 6.92 Å². The SMILES string of the molecule is [2H]C1C(C([2H])([2H])[2H])=CN=C(c2ccc3c(c2)sc2c(C)cccc23)C1[2H]. The van der Waals surface area contributed by atoms with Crippen molar-refractivity contribution < 1.29 is 6.85 Å². The Hall–Kier alpha value is -1.93. The molecule has 2 atom stereocenters. The van der Waals surface area contributed by atoms with E-state index in [-0.39, 0.29) is 5.57 Å². The third-order valence-electron chi connectivity index (χ3n) is 3.75. The molecule has 1 aromatic heterocycles. The van der Waals surface area contributed by atoms with Gasteiger partial charge in [-0.3, -0.25) is 4.99 Å². The monoisotopic (exact) mass is 296 g/mol. The van der Waals surface area contributed by atoms with E-state index in [1.165, 1.54) is 21.8 Å². The summed E-state index contributed by atoms with van der Waals surface area (Å²) in [6.07, 6.45) is -0.885. The van der Waals surface area contributed by atoms with Crippen LogP contribution in [0.1, 0.15) is 37.6 Å². The molecular weight excluding hydrogens is 274 g/mol. The summed E-state index contributed by atoms with van der Waals surface area (Å²) >= 11 is 1.70. The molecule has 1 aliphatic heterocycles. The molecule has 0 saturated carbocycles. The van der Waals surface area contributed by atoms with Crippen LogP contribution in [0.15, 0.2) is 53.2 Å². The smallest absolute Gasteiger partial charge is 0.0479 e. The Kier molecular flexibility index (Phi) is 1.95. The maximum Gasteiger partial charge on any atom is 0.0479 e. The molecule has 0 saturated heterocycles. The summed E-state index contributed by atoms with van der Waals surface area (Å²) < 4.78 is 41.3. The molecule has 2 heterocycles. The molecular formula is C19H17NS. The topological polar surface area (TPSA) is 12.4 Å². The van der Waals surface area contributed by atoms with Crippen molar-refractivity contribution in [3.05, 3.63) is 59.3 Å². The molecule has 0 bridgehead atoms. The lowest BCUT2D eigenvalue weighted by Gasteiger charge is -2.11. The molecule has 0 fully saturated rings. The van der Waals surface area contributed by atoms with Gasteiger partial charge in [-0.25, -0.2) is 0 Å². The lowest BCUT2D eigenvalue weighted by Crippen LogP contribution is -2.03. The predicted octanol–water partition coefficient (Wildman–Crippen LogP) is 5.85. The number of fused-ring (bicyclic) bond motifs is 3. The minimum Gasteiger partial charge on any atom is -0.261 e. The highest BCUT2D eigenvalue weighted by molar-refractivity contribution is 7.26. The zero-order valence-corrected chi connectivity index (χ0v) is 12.4. The maximum absolute atomic E-state index is 8.33. The first-order valence-corrected chi connectivity index (χ1v) is 7.64. The predicted molar refractivity (Wildman–Crippen MR) is 93.6 cm³/mol. The molecule has 2 aromatic carbocycles. The Balaban J connectivity index is 1.84. The second kappa shape index (κ2) is 4.81. The number of hydrogen-bond acceptors (Lipinski definition) is 2. The molecule has 0 N–H and O–H groups in total. The number of nitrogens with zero attached hydrogens (tertiary/aromatic N) is 1. The van der Waals surface area contributed by atoms with E-state index < -0.39 is 19.6 Å². The van der Waals surface area contributed by atoms with Crippen LogP contribution in [-0.4, -0.2) is 5.71 Å². The summed E-state index contributed by atoms with van der Waals surface area (Å²) in [7, 11) is 0. The molecule has 2 heteroatoms. The zero-order chi connectivity index (χ0) is 18.6. The van der Waals surface area contributed by atoms with Crippen LogP contribution < -0.4 is 0 Å². The van der Waals surface area contributed by atoms with E-state index >= 15 is 0 Å². The highest BCUT2D eigenvalue weighted by Crippen LogP contribution is 2.36. The lowest BCUT2D eigenvalue weighted by atomic mass is 9.99. The fraction of sp³-hybridized carbons (Fsp3) is 0.211. The van der Waals surface area contributed by atoms with Gasteiger partial charge in [0.2, 0.25) is 0 Å². The van der Waals surface area contributed by atoms with E-state index in [1.807, 2.05) is 18.2 Å². The van der Waals surface area contributed by atoms with Gasteiger partial charge in [0.15, 0.2) is 0 Å². The Bertz CT molecular complexity index is 1080. The van der Waals surface area contributed by atoms with Gasteiger partial charge in [0.25, 0.3) is 0 Å². The molecule has 3 aromatic rings. The van der Waals surface area contributed by atoms with Crippen LogP contribution in [0.2, 0.25) is 0 Å². The number of aliphatic imine (C=N–C) groups is 1. The third-order valence-corrected chi connectivity index (χ3v) is 5.06. The Morgan fingerprint density at radius 1 is 1.19 bits per heavy atom. The van der Waals surface area contributed by atoms with Crippen LogP contribution >= 0.6 is 11.3 Å². The van der Waals surface area contributed by atoms with E-state index in [1.54, 1.807) is 11.3 Å². The summed E-state index contributed by atoms with van der Waals surface area (Å²) in [6.45, 7) is -0.288. The molecule has 1 nitrogen and oxygen atoms in total. The second-order valence-corrected chi connectivity index (χ2v) is 6.25. The van der Waals surface area contributed by atoms with Gasteiger partial charge >= 0.3 is 0 Å². The van der Waals surface area contributed by atoms with Crippen molar-refractivity contribution in [1.82, 2.24) is 0 Å². The van der Waals surface area contributed by atoms with Gasteiger partial charge < -0.3 is 0 Å². The average Bonchev–Trinajstić information content (AvgIpc) is 2.95. The van der Waals surface area contributed by atoms with Crippen LogP contribution in [-0.2, 0) is 0 Å². The Morgan fingerprint density at radius 3 is 3.05 bits per heavy atom. The van der Waals surface area contributed by atoms with Crippen LogP contribution in [0.3, 0.4) is 0 Å². The largest absolute Gasteiger partial charge is 0.261 e. The molecule has 104 valence electrons. The zero-order valence-electron chi connectivity index (χ0n) is 16.6. The van der Waals surface area contributed by atoms with Crippen LogP contribution in [0.4, 0.5) is 0 Å². The van der Waals surface area contributed by atoms with Crippen molar-refractivity contribution in [1.29, 1.82) is 0 Å². The number of allylic oxidation sites excluding steroid dienone is 1. The standard InChI is InChI=1S/C19H17NS/c1-12-6-9-17(20-11-12)14-7-8-15-16-5-3-4-13(2)19(16)21-18(15)10-14/h3-5,7-8,10-11H,6,9H2,1-2H3/i1D3,6D,9D. The van der Waals surface area contributed by atoms with Crippen LogP contribution in [0.5, 0.6) is 0 Å². The van der Waals surface area contributed by atoms with Crippen molar-refractivity contribution in [2.75, 3.05) is 0 Å². The first-order chi connectivity index (χ1) is 12.3. The molecule has 0 amide bonds. The fourth-order valence-corrected chi connectivity index (χ4v) is 3.87. The molecule has 0 aliphatic carbocycles. The first-order valence-electron chi connectivity index (χ1n) is 9.48. The van der Waals surface area contributed by atoms with Crippen molar-refractivity contribution >= 4 is 37.2 Å². The maximum atomic E-state index is 8.33. The van der Waals surface area contributed by atoms with Gasteiger partial charge in [0, 0.05) is 38.9 Å². The van der Waals surface area contributed by atoms with Gasteiger partial charge in [-0.2, -0.15) is 0 Å². The van der Waals surface area contributed by atoms with Gasteiger partial charge in [-0.1, -0.05) is 35.9 Å². The summed E-state index contributed by atoms with van der Waals surface area (Å²) in [4.78, 5) is 4.25. The van der Waals surface area contributed by atoms with Gasteiger partial charge in [0.05, 0.1) is 0 Å². The van der Waals surface area contributed by atoms with E-state index in [0.717, 1.165) is 15.6 Å². The van der Waals surface area contributed by atoms with Gasteiger partial charge in [-0.15, -0.1) is 11.3 Å². The van der Waals surface area contributed by atoms with E-state index in [4.69, 9.17) is 6.85 Å². The van der Waals surface area contributed by atoms with Crippen molar-refractivity contribution in [3.8, 4) is 0 Å². The minimum absolute atomic E-state index is 0.0696. The molecule has 21 heavy (non-hydrogen) atoms. The fourth-order valence-electron chi connectivity index (χ4n) is 2.66. The molecule has 2 unspecified atom stereocenters. The summed E-state index contributed by atoms with van der Waals surface area (Å²) in [5.74, 6) is 0. The molecule has 4 rings (SSSR count). The van der Waals surface area contributed by atoms with E-state index in [2.05, 4.69) is 30.1 Å². The van der Waals surface area contributed by atoms with Gasteiger partial charge in [0.1, 0.15) is 0 Å².